The van der Waals surface area contributed by atoms with Gasteiger partial charge in [0.25, 0.3) is 0 Å². The SMILES string of the molecule is CC(NC(=O)CC1C=CCC1)c1ccc(F)cc1. The van der Waals surface area contributed by atoms with E-state index in [9.17, 15) is 9.18 Å². The molecule has 0 saturated heterocycles. The average molecular weight is 247 g/mol. The molecule has 0 radical (unpaired) electrons. The molecule has 1 amide bonds. The van der Waals surface area contributed by atoms with Crippen molar-refractivity contribution in [2.24, 2.45) is 5.92 Å². The Labute approximate surface area is 107 Å². The summed E-state index contributed by atoms with van der Waals surface area (Å²) in [5, 5.41) is 2.95. The maximum absolute atomic E-state index is 12.8. The van der Waals surface area contributed by atoms with Gasteiger partial charge in [0.2, 0.25) is 5.91 Å². The van der Waals surface area contributed by atoms with Crippen LogP contribution < -0.4 is 5.32 Å². The molecule has 0 fully saturated rings. The highest BCUT2D eigenvalue weighted by atomic mass is 19.1. The van der Waals surface area contributed by atoms with E-state index in [2.05, 4.69) is 17.5 Å². The predicted octanol–water partition coefficient (Wildman–Crippen LogP) is 3.36. The molecule has 2 nitrogen and oxygen atoms in total. The molecule has 1 aliphatic rings. The number of halogens is 1. The number of rotatable bonds is 4. The Balaban J connectivity index is 1.86. The largest absolute Gasteiger partial charge is 0.350 e. The summed E-state index contributed by atoms with van der Waals surface area (Å²) in [4.78, 5) is 11.8. The molecular formula is C15H18FNO. The Morgan fingerprint density at radius 2 is 2.17 bits per heavy atom. The van der Waals surface area contributed by atoms with Crippen molar-refractivity contribution in [2.45, 2.75) is 32.2 Å². The van der Waals surface area contributed by atoms with Crippen LogP contribution in [0.1, 0.15) is 37.8 Å². The smallest absolute Gasteiger partial charge is 0.221 e. The third kappa shape index (κ3) is 3.42. The normalized spacial score (nSPS) is 19.8. The Morgan fingerprint density at radius 3 is 2.78 bits per heavy atom. The first-order valence-corrected chi connectivity index (χ1v) is 6.36. The van der Waals surface area contributed by atoms with Crippen LogP contribution in [0.15, 0.2) is 36.4 Å². The fourth-order valence-corrected chi connectivity index (χ4v) is 2.24. The zero-order valence-corrected chi connectivity index (χ0v) is 10.5. The first-order chi connectivity index (χ1) is 8.65. The van der Waals surface area contributed by atoms with Crippen LogP contribution in [0.25, 0.3) is 0 Å². The lowest BCUT2D eigenvalue weighted by Gasteiger charge is -2.15. The van der Waals surface area contributed by atoms with Gasteiger partial charge in [0, 0.05) is 6.42 Å². The number of benzene rings is 1. The Bertz CT molecular complexity index is 438. The molecule has 18 heavy (non-hydrogen) atoms. The quantitative estimate of drug-likeness (QED) is 0.812. The van der Waals surface area contributed by atoms with E-state index in [0.29, 0.717) is 12.3 Å². The van der Waals surface area contributed by atoms with Crippen molar-refractivity contribution < 1.29 is 9.18 Å². The Hall–Kier alpha value is -1.64. The molecule has 0 aromatic heterocycles. The van der Waals surface area contributed by atoms with E-state index >= 15 is 0 Å². The van der Waals surface area contributed by atoms with E-state index in [0.717, 1.165) is 18.4 Å². The van der Waals surface area contributed by atoms with E-state index in [-0.39, 0.29) is 17.8 Å². The number of hydrogen-bond acceptors (Lipinski definition) is 1. The van der Waals surface area contributed by atoms with Gasteiger partial charge in [-0.3, -0.25) is 4.79 Å². The molecule has 0 spiro atoms. The molecule has 1 aromatic rings. The maximum Gasteiger partial charge on any atom is 0.221 e. The van der Waals surface area contributed by atoms with Gasteiger partial charge in [-0.15, -0.1) is 0 Å². The van der Waals surface area contributed by atoms with Gasteiger partial charge in [-0.2, -0.15) is 0 Å². The van der Waals surface area contributed by atoms with Crippen molar-refractivity contribution in [3.05, 3.63) is 47.8 Å². The van der Waals surface area contributed by atoms with Gasteiger partial charge in [-0.25, -0.2) is 4.39 Å². The van der Waals surface area contributed by atoms with Crippen molar-refractivity contribution in [2.75, 3.05) is 0 Å². The lowest BCUT2D eigenvalue weighted by Crippen LogP contribution is -2.27. The molecular weight excluding hydrogens is 229 g/mol. The molecule has 96 valence electrons. The van der Waals surface area contributed by atoms with Crippen LogP contribution in [0.3, 0.4) is 0 Å². The number of amides is 1. The summed E-state index contributed by atoms with van der Waals surface area (Å²) in [5.41, 5.74) is 0.923. The zero-order chi connectivity index (χ0) is 13.0. The van der Waals surface area contributed by atoms with Crippen LogP contribution in [-0.4, -0.2) is 5.91 Å². The second-order valence-corrected chi connectivity index (χ2v) is 4.81. The van der Waals surface area contributed by atoms with Gasteiger partial charge < -0.3 is 5.32 Å². The topological polar surface area (TPSA) is 29.1 Å². The third-order valence-electron chi connectivity index (χ3n) is 3.31. The first kappa shape index (κ1) is 12.8. The summed E-state index contributed by atoms with van der Waals surface area (Å²) < 4.78 is 12.8. The zero-order valence-electron chi connectivity index (χ0n) is 10.5. The number of hydrogen-bond donors (Lipinski definition) is 1. The minimum atomic E-state index is -0.256. The number of carbonyl (C=O) groups excluding carboxylic acids is 1. The summed E-state index contributed by atoms with van der Waals surface area (Å²) in [6, 6.07) is 6.16. The van der Waals surface area contributed by atoms with Crippen molar-refractivity contribution in [1.82, 2.24) is 5.32 Å². The average Bonchev–Trinajstić information content (AvgIpc) is 2.82. The van der Waals surface area contributed by atoms with E-state index in [4.69, 9.17) is 0 Å². The fourth-order valence-electron chi connectivity index (χ4n) is 2.24. The van der Waals surface area contributed by atoms with Gasteiger partial charge in [0.05, 0.1) is 6.04 Å². The monoisotopic (exact) mass is 247 g/mol. The van der Waals surface area contributed by atoms with Crippen molar-refractivity contribution >= 4 is 5.91 Å². The maximum atomic E-state index is 12.8. The molecule has 0 saturated carbocycles. The minimum Gasteiger partial charge on any atom is -0.350 e. The van der Waals surface area contributed by atoms with Crippen LogP contribution in [-0.2, 0) is 4.79 Å². The minimum absolute atomic E-state index is 0.0587. The summed E-state index contributed by atoms with van der Waals surface area (Å²) in [7, 11) is 0. The van der Waals surface area contributed by atoms with Crippen molar-refractivity contribution in [3.63, 3.8) is 0 Å². The fraction of sp³-hybridized carbons (Fsp3) is 0.400. The van der Waals surface area contributed by atoms with E-state index < -0.39 is 0 Å². The van der Waals surface area contributed by atoms with Gasteiger partial charge in [-0.05, 0) is 43.4 Å². The van der Waals surface area contributed by atoms with E-state index in [1.807, 2.05) is 6.92 Å². The number of allylic oxidation sites excluding steroid dienone is 2. The van der Waals surface area contributed by atoms with E-state index in [1.54, 1.807) is 12.1 Å². The lowest BCUT2D eigenvalue weighted by molar-refractivity contribution is -0.122. The second-order valence-electron chi connectivity index (χ2n) is 4.81. The molecule has 0 bridgehead atoms. The molecule has 0 heterocycles. The highest BCUT2D eigenvalue weighted by molar-refractivity contribution is 5.77. The highest BCUT2D eigenvalue weighted by Crippen LogP contribution is 2.21. The summed E-state index contributed by atoms with van der Waals surface area (Å²) >= 11 is 0. The molecule has 2 atom stereocenters. The summed E-state index contributed by atoms with van der Waals surface area (Å²) in [6.07, 6.45) is 6.93. The molecule has 1 N–H and O–H groups in total. The van der Waals surface area contributed by atoms with Gasteiger partial charge in [-0.1, -0.05) is 24.3 Å². The molecule has 1 aromatic carbocycles. The Kier molecular flexibility index (Phi) is 4.13. The molecule has 0 aliphatic heterocycles. The molecule has 2 rings (SSSR count). The molecule has 2 unspecified atom stereocenters. The lowest BCUT2D eigenvalue weighted by atomic mass is 10.0. The summed E-state index contributed by atoms with van der Waals surface area (Å²) in [5.74, 6) is 0.183. The Morgan fingerprint density at radius 1 is 1.44 bits per heavy atom. The van der Waals surface area contributed by atoms with Crippen LogP contribution in [0.4, 0.5) is 4.39 Å². The van der Waals surface area contributed by atoms with Crippen molar-refractivity contribution in [1.29, 1.82) is 0 Å². The van der Waals surface area contributed by atoms with Crippen LogP contribution in [0.5, 0.6) is 0 Å². The van der Waals surface area contributed by atoms with Gasteiger partial charge >= 0.3 is 0 Å². The van der Waals surface area contributed by atoms with Crippen molar-refractivity contribution in [3.8, 4) is 0 Å². The summed E-state index contributed by atoms with van der Waals surface area (Å²) in [6.45, 7) is 1.91. The first-order valence-electron chi connectivity index (χ1n) is 6.36. The van der Waals surface area contributed by atoms with Gasteiger partial charge in [0.1, 0.15) is 5.82 Å². The predicted molar refractivity (Wildman–Crippen MR) is 69.4 cm³/mol. The highest BCUT2D eigenvalue weighted by Gasteiger charge is 2.16. The van der Waals surface area contributed by atoms with Crippen LogP contribution in [0.2, 0.25) is 0 Å². The van der Waals surface area contributed by atoms with Crippen LogP contribution >= 0.6 is 0 Å². The van der Waals surface area contributed by atoms with Gasteiger partial charge in [0.15, 0.2) is 0 Å². The second kappa shape index (κ2) is 5.80. The standard InChI is InChI=1S/C15H18FNO/c1-11(13-6-8-14(16)9-7-13)17-15(18)10-12-4-2-3-5-12/h2,4,6-9,11-12H,3,5,10H2,1H3,(H,17,18). The van der Waals surface area contributed by atoms with Crippen LogP contribution in [0, 0.1) is 11.7 Å². The number of nitrogens with one attached hydrogen (secondary N) is 1. The number of carbonyl (C=O) groups is 1. The van der Waals surface area contributed by atoms with E-state index in [1.165, 1.54) is 12.1 Å². The third-order valence-corrected chi connectivity index (χ3v) is 3.31. The molecule has 3 heteroatoms. The molecule has 1 aliphatic carbocycles.